The molecule has 0 aliphatic rings. The lowest BCUT2D eigenvalue weighted by Crippen LogP contribution is -2.15. The van der Waals surface area contributed by atoms with Gasteiger partial charge in [0, 0.05) is 0 Å². The predicted molar refractivity (Wildman–Crippen MR) is 81.4 cm³/mol. The van der Waals surface area contributed by atoms with E-state index >= 15 is 0 Å². The van der Waals surface area contributed by atoms with Gasteiger partial charge in [0.05, 0.1) is 22.6 Å². The van der Waals surface area contributed by atoms with Gasteiger partial charge in [-0.3, -0.25) is 0 Å². The molecule has 0 saturated carbocycles. The predicted octanol–water partition coefficient (Wildman–Crippen LogP) is 1.84. The number of hydrogen-bond donors (Lipinski definition) is 3. The molecular weight excluding hydrogens is 288 g/mol. The van der Waals surface area contributed by atoms with Gasteiger partial charge in [-0.25, -0.2) is 13.6 Å². The normalized spacial score (nSPS) is 10.9. The van der Waals surface area contributed by atoms with Crippen LogP contribution in [0.15, 0.2) is 41.3 Å². The van der Waals surface area contributed by atoms with Gasteiger partial charge in [-0.05, 0) is 30.7 Å². The second-order valence-corrected chi connectivity index (χ2v) is 6.03. The van der Waals surface area contributed by atoms with E-state index in [1.807, 2.05) is 13.0 Å². The molecule has 108 valence electrons. The second kappa shape index (κ2) is 5.44. The number of primary sulfonamides is 1. The zero-order chi connectivity index (χ0) is 15.6. The van der Waals surface area contributed by atoms with Crippen LogP contribution in [0.3, 0.4) is 0 Å². The number of nitrogens with zero attached hydrogens (tertiary/aromatic N) is 1. The number of benzene rings is 2. The number of hydrogen-bond acceptors (Lipinski definition) is 5. The van der Waals surface area contributed by atoms with Gasteiger partial charge in [0.15, 0.2) is 0 Å². The van der Waals surface area contributed by atoms with Gasteiger partial charge >= 0.3 is 0 Å². The summed E-state index contributed by atoms with van der Waals surface area (Å²) in [5.74, 6) is 0. The number of anilines is 3. The van der Waals surface area contributed by atoms with Crippen molar-refractivity contribution < 1.29 is 8.42 Å². The van der Waals surface area contributed by atoms with Crippen molar-refractivity contribution in [2.45, 2.75) is 11.8 Å². The highest BCUT2D eigenvalue weighted by Gasteiger charge is 2.15. The highest BCUT2D eigenvalue weighted by atomic mass is 32.2. The molecule has 0 aromatic heterocycles. The van der Waals surface area contributed by atoms with Crippen molar-refractivity contribution in [2.24, 2.45) is 5.14 Å². The van der Waals surface area contributed by atoms with E-state index in [-0.39, 0.29) is 10.6 Å². The van der Waals surface area contributed by atoms with Gasteiger partial charge < -0.3 is 11.1 Å². The average molecular weight is 302 g/mol. The number of nitrogens with one attached hydrogen (secondary N) is 1. The summed E-state index contributed by atoms with van der Waals surface area (Å²) >= 11 is 0. The molecule has 0 radical (unpaired) electrons. The van der Waals surface area contributed by atoms with Crippen LogP contribution < -0.4 is 16.2 Å². The van der Waals surface area contributed by atoms with Crippen molar-refractivity contribution in [3.05, 3.63) is 47.5 Å². The second-order valence-electron chi connectivity index (χ2n) is 4.50. The molecule has 0 amide bonds. The van der Waals surface area contributed by atoms with Crippen LogP contribution in [0.25, 0.3) is 0 Å². The van der Waals surface area contributed by atoms with E-state index in [1.54, 1.807) is 18.2 Å². The first-order valence-corrected chi connectivity index (χ1v) is 7.57. The lowest BCUT2D eigenvalue weighted by atomic mass is 10.1. The summed E-state index contributed by atoms with van der Waals surface area (Å²) in [6.45, 7) is 1.81. The Balaban J connectivity index is 2.52. The highest BCUT2D eigenvalue weighted by Crippen LogP contribution is 2.30. The molecule has 0 aliphatic carbocycles. The number of nitrogen functional groups attached to an aromatic ring is 1. The van der Waals surface area contributed by atoms with Crippen LogP contribution in [0.2, 0.25) is 0 Å². The Bertz CT molecular complexity index is 839. The summed E-state index contributed by atoms with van der Waals surface area (Å²) in [6.07, 6.45) is 0. The number of para-hydroxylation sites is 1. The van der Waals surface area contributed by atoms with E-state index in [0.29, 0.717) is 16.9 Å². The van der Waals surface area contributed by atoms with Crippen molar-refractivity contribution >= 4 is 27.1 Å². The number of nitriles is 1. The molecule has 0 saturated heterocycles. The topological polar surface area (TPSA) is 122 Å². The minimum absolute atomic E-state index is 0.0189. The maximum Gasteiger partial charge on any atom is 0.240 e. The maximum absolute atomic E-state index is 11.5. The summed E-state index contributed by atoms with van der Waals surface area (Å²) in [4.78, 5) is -0.154. The van der Waals surface area contributed by atoms with Gasteiger partial charge in [-0.15, -0.1) is 0 Å². The van der Waals surface area contributed by atoms with Gasteiger partial charge in [0.25, 0.3) is 0 Å². The minimum atomic E-state index is -3.90. The van der Waals surface area contributed by atoms with E-state index in [1.165, 1.54) is 12.1 Å². The SMILES string of the molecule is Cc1cccc(Nc2cccc(S(N)(=O)=O)c2N)c1C#N. The maximum atomic E-state index is 11.5. The first-order valence-electron chi connectivity index (χ1n) is 6.02. The summed E-state index contributed by atoms with van der Waals surface area (Å²) in [7, 11) is -3.90. The van der Waals surface area contributed by atoms with E-state index in [9.17, 15) is 13.7 Å². The first-order chi connectivity index (χ1) is 9.84. The van der Waals surface area contributed by atoms with Crippen LogP contribution >= 0.6 is 0 Å². The smallest absolute Gasteiger partial charge is 0.240 e. The van der Waals surface area contributed by atoms with Crippen LogP contribution in [0.4, 0.5) is 17.1 Å². The Morgan fingerprint density at radius 2 is 1.76 bits per heavy atom. The molecule has 0 bridgehead atoms. The van der Waals surface area contributed by atoms with Crippen LogP contribution in [0.5, 0.6) is 0 Å². The molecule has 5 N–H and O–H groups in total. The number of nitrogens with two attached hydrogens (primary N) is 2. The van der Waals surface area contributed by atoms with Crippen LogP contribution in [-0.4, -0.2) is 8.42 Å². The zero-order valence-corrected chi connectivity index (χ0v) is 12.1. The van der Waals surface area contributed by atoms with Crippen molar-refractivity contribution in [1.82, 2.24) is 0 Å². The molecule has 21 heavy (non-hydrogen) atoms. The molecular formula is C14H14N4O2S. The fourth-order valence-corrected chi connectivity index (χ4v) is 2.65. The summed E-state index contributed by atoms with van der Waals surface area (Å²) in [5, 5.41) is 17.3. The first kappa shape index (κ1) is 14.8. The molecule has 0 unspecified atom stereocenters. The average Bonchev–Trinajstić information content (AvgIpc) is 2.40. The van der Waals surface area contributed by atoms with Crippen molar-refractivity contribution in [1.29, 1.82) is 5.26 Å². The van der Waals surface area contributed by atoms with E-state index in [0.717, 1.165) is 5.56 Å². The molecule has 0 spiro atoms. The fourth-order valence-electron chi connectivity index (χ4n) is 1.97. The number of sulfonamides is 1. The van der Waals surface area contributed by atoms with Gasteiger partial charge in [0.2, 0.25) is 10.0 Å². The van der Waals surface area contributed by atoms with Gasteiger partial charge in [-0.1, -0.05) is 18.2 Å². The van der Waals surface area contributed by atoms with Crippen LogP contribution in [-0.2, 0) is 10.0 Å². The molecule has 6 nitrogen and oxygen atoms in total. The highest BCUT2D eigenvalue weighted by molar-refractivity contribution is 7.89. The van der Waals surface area contributed by atoms with E-state index < -0.39 is 10.0 Å². The molecule has 0 atom stereocenters. The Morgan fingerprint density at radius 3 is 2.38 bits per heavy atom. The third-order valence-electron chi connectivity index (χ3n) is 3.03. The summed E-state index contributed by atoms with van der Waals surface area (Å²) in [5.41, 5.74) is 8.07. The van der Waals surface area contributed by atoms with Crippen LogP contribution in [0, 0.1) is 18.3 Å². The Hall–Kier alpha value is -2.56. The lowest BCUT2D eigenvalue weighted by Gasteiger charge is -2.13. The monoisotopic (exact) mass is 302 g/mol. The largest absolute Gasteiger partial charge is 0.396 e. The number of aryl methyl sites for hydroxylation is 1. The Labute approximate surface area is 123 Å². The lowest BCUT2D eigenvalue weighted by molar-refractivity contribution is 0.598. The molecule has 0 aliphatic heterocycles. The summed E-state index contributed by atoms with van der Waals surface area (Å²) < 4.78 is 22.9. The molecule has 0 fully saturated rings. The molecule has 0 heterocycles. The van der Waals surface area contributed by atoms with E-state index in [4.69, 9.17) is 10.9 Å². The van der Waals surface area contributed by atoms with E-state index in [2.05, 4.69) is 11.4 Å². The van der Waals surface area contributed by atoms with Crippen molar-refractivity contribution in [3.8, 4) is 6.07 Å². The number of rotatable bonds is 3. The zero-order valence-electron chi connectivity index (χ0n) is 11.3. The Kier molecular flexibility index (Phi) is 3.84. The van der Waals surface area contributed by atoms with Crippen LogP contribution in [0.1, 0.15) is 11.1 Å². The summed E-state index contributed by atoms with van der Waals surface area (Å²) in [6, 6.07) is 11.9. The molecule has 2 aromatic rings. The molecule has 7 heteroatoms. The third kappa shape index (κ3) is 2.97. The molecule has 2 aromatic carbocycles. The van der Waals surface area contributed by atoms with Gasteiger partial charge in [0.1, 0.15) is 11.0 Å². The standard InChI is InChI=1S/C14H14N4O2S/c1-9-4-2-5-11(10(9)8-15)18-12-6-3-7-13(14(12)16)21(17,19)20/h2-7,18H,16H2,1H3,(H2,17,19,20). The minimum Gasteiger partial charge on any atom is -0.396 e. The fraction of sp³-hybridized carbons (Fsp3) is 0.0714. The third-order valence-corrected chi connectivity index (χ3v) is 4.00. The quantitative estimate of drug-likeness (QED) is 0.747. The Morgan fingerprint density at radius 1 is 1.14 bits per heavy atom. The van der Waals surface area contributed by atoms with Crippen molar-refractivity contribution in [2.75, 3.05) is 11.1 Å². The van der Waals surface area contributed by atoms with Gasteiger partial charge in [-0.2, -0.15) is 5.26 Å². The van der Waals surface area contributed by atoms with Crippen molar-refractivity contribution in [3.63, 3.8) is 0 Å². The molecule has 2 rings (SSSR count).